The van der Waals surface area contributed by atoms with E-state index in [-0.39, 0.29) is 17.8 Å². The standard InChI is InChI=1S/C13H15N3O5/c1-14-12(17)8-2-3-10(11(6-8)16(20)21)15-5-4-9(7-15)13(18)19/h2-3,6,9H,4-5,7H2,1H3,(H,14,17)(H,18,19). The summed E-state index contributed by atoms with van der Waals surface area (Å²) >= 11 is 0. The van der Waals surface area contributed by atoms with Gasteiger partial charge in [-0.1, -0.05) is 0 Å². The van der Waals surface area contributed by atoms with Gasteiger partial charge in [-0.3, -0.25) is 19.7 Å². The lowest BCUT2D eigenvalue weighted by Gasteiger charge is -2.18. The maximum atomic E-state index is 11.5. The van der Waals surface area contributed by atoms with Crippen LogP contribution in [0.3, 0.4) is 0 Å². The summed E-state index contributed by atoms with van der Waals surface area (Å²) in [6, 6.07) is 4.20. The molecule has 1 aliphatic heterocycles. The van der Waals surface area contributed by atoms with Crippen LogP contribution < -0.4 is 10.2 Å². The quantitative estimate of drug-likeness (QED) is 0.629. The maximum Gasteiger partial charge on any atom is 0.308 e. The summed E-state index contributed by atoms with van der Waals surface area (Å²) in [6.07, 6.45) is 0.448. The van der Waals surface area contributed by atoms with E-state index in [2.05, 4.69) is 5.32 Å². The molecule has 2 N–H and O–H groups in total. The van der Waals surface area contributed by atoms with Crippen LogP contribution in [-0.4, -0.2) is 42.0 Å². The first kappa shape index (κ1) is 14.8. The Morgan fingerprint density at radius 1 is 1.48 bits per heavy atom. The van der Waals surface area contributed by atoms with Crippen LogP contribution in [0.2, 0.25) is 0 Å². The van der Waals surface area contributed by atoms with Crippen molar-refractivity contribution in [3.63, 3.8) is 0 Å². The topological polar surface area (TPSA) is 113 Å². The summed E-state index contributed by atoms with van der Waals surface area (Å²) in [5, 5.41) is 22.6. The molecule has 0 saturated carbocycles. The number of carbonyl (C=O) groups is 2. The predicted octanol–water partition coefficient (Wildman–Crippen LogP) is 0.865. The Morgan fingerprint density at radius 2 is 2.19 bits per heavy atom. The van der Waals surface area contributed by atoms with Gasteiger partial charge in [0.1, 0.15) is 5.69 Å². The van der Waals surface area contributed by atoms with Crippen molar-refractivity contribution in [2.45, 2.75) is 6.42 Å². The Balaban J connectivity index is 2.34. The molecule has 1 aromatic carbocycles. The van der Waals surface area contributed by atoms with Gasteiger partial charge in [-0.05, 0) is 18.6 Å². The van der Waals surface area contributed by atoms with E-state index in [9.17, 15) is 19.7 Å². The second kappa shape index (κ2) is 5.78. The van der Waals surface area contributed by atoms with Crippen molar-refractivity contribution in [1.82, 2.24) is 5.32 Å². The number of carboxylic acids is 1. The first-order chi connectivity index (χ1) is 9.93. The highest BCUT2D eigenvalue weighted by atomic mass is 16.6. The molecule has 0 bridgehead atoms. The number of aliphatic carboxylic acids is 1. The van der Waals surface area contributed by atoms with E-state index in [1.54, 1.807) is 4.90 Å². The summed E-state index contributed by atoms with van der Waals surface area (Å²) < 4.78 is 0. The van der Waals surface area contributed by atoms with Crippen LogP contribution in [0.1, 0.15) is 16.8 Å². The van der Waals surface area contributed by atoms with Crippen molar-refractivity contribution in [2.75, 3.05) is 25.0 Å². The molecular formula is C13H15N3O5. The Hall–Kier alpha value is -2.64. The molecule has 1 aromatic rings. The Bertz CT molecular complexity index is 601. The van der Waals surface area contributed by atoms with Gasteiger partial charge in [0, 0.05) is 31.8 Å². The molecule has 1 fully saturated rings. The zero-order valence-corrected chi connectivity index (χ0v) is 11.4. The van der Waals surface area contributed by atoms with Crippen molar-refractivity contribution in [3.05, 3.63) is 33.9 Å². The summed E-state index contributed by atoms with van der Waals surface area (Å²) in [4.78, 5) is 34.8. The minimum absolute atomic E-state index is 0.192. The summed E-state index contributed by atoms with van der Waals surface area (Å²) in [5.74, 6) is -1.83. The van der Waals surface area contributed by atoms with Gasteiger partial charge >= 0.3 is 5.97 Å². The Labute approximate surface area is 120 Å². The minimum atomic E-state index is -0.901. The van der Waals surface area contributed by atoms with Crippen molar-refractivity contribution < 1.29 is 19.6 Å². The van der Waals surface area contributed by atoms with Crippen LogP contribution in [0.4, 0.5) is 11.4 Å². The van der Waals surface area contributed by atoms with Crippen LogP contribution in [-0.2, 0) is 4.79 Å². The van der Waals surface area contributed by atoms with Crippen LogP contribution in [0.25, 0.3) is 0 Å². The van der Waals surface area contributed by atoms with Gasteiger partial charge in [0.25, 0.3) is 11.6 Å². The molecule has 21 heavy (non-hydrogen) atoms. The zero-order valence-electron chi connectivity index (χ0n) is 11.4. The number of nitrogens with one attached hydrogen (secondary N) is 1. The normalized spacial score (nSPS) is 17.6. The molecule has 1 saturated heterocycles. The summed E-state index contributed by atoms with van der Waals surface area (Å²) in [7, 11) is 1.44. The van der Waals surface area contributed by atoms with Gasteiger partial charge in [0.05, 0.1) is 10.8 Å². The number of carboxylic acid groups (broad SMARTS) is 1. The lowest BCUT2D eigenvalue weighted by atomic mass is 10.1. The molecule has 1 unspecified atom stereocenters. The van der Waals surface area contributed by atoms with Gasteiger partial charge in [0.2, 0.25) is 0 Å². The average molecular weight is 293 g/mol. The molecule has 112 valence electrons. The Morgan fingerprint density at radius 3 is 2.71 bits per heavy atom. The smallest absolute Gasteiger partial charge is 0.308 e. The molecule has 0 aliphatic carbocycles. The van der Waals surface area contributed by atoms with Gasteiger partial charge in [-0.25, -0.2) is 0 Å². The van der Waals surface area contributed by atoms with Crippen molar-refractivity contribution in [3.8, 4) is 0 Å². The van der Waals surface area contributed by atoms with Gasteiger partial charge < -0.3 is 15.3 Å². The maximum absolute atomic E-state index is 11.5. The molecule has 8 nitrogen and oxygen atoms in total. The molecule has 0 radical (unpaired) electrons. The first-order valence-corrected chi connectivity index (χ1v) is 6.42. The predicted molar refractivity (Wildman–Crippen MR) is 74.4 cm³/mol. The number of nitro benzene ring substituents is 1. The van der Waals surface area contributed by atoms with E-state index in [0.29, 0.717) is 18.7 Å². The number of nitrogens with zero attached hydrogens (tertiary/aromatic N) is 2. The molecule has 1 atom stereocenters. The highest BCUT2D eigenvalue weighted by Gasteiger charge is 2.31. The number of rotatable bonds is 4. The number of hydrogen-bond donors (Lipinski definition) is 2. The van der Waals surface area contributed by atoms with Crippen LogP contribution in [0.5, 0.6) is 0 Å². The molecule has 2 rings (SSSR count). The number of carbonyl (C=O) groups excluding carboxylic acids is 1. The third kappa shape index (κ3) is 2.93. The highest BCUT2D eigenvalue weighted by molar-refractivity contribution is 5.95. The molecule has 1 heterocycles. The largest absolute Gasteiger partial charge is 0.481 e. The van der Waals surface area contributed by atoms with E-state index >= 15 is 0 Å². The van der Waals surface area contributed by atoms with Crippen LogP contribution in [0, 0.1) is 16.0 Å². The van der Waals surface area contributed by atoms with Crippen LogP contribution >= 0.6 is 0 Å². The molecular weight excluding hydrogens is 278 g/mol. The second-order valence-corrected chi connectivity index (χ2v) is 4.81. The highest BCUT2D eigenvalue weighted by Crippen LogP contribution is 2.33. The second-order valence-electron chi connectivity index (χ2n) is 4.81. The lowest BCUT2D eigenvalue weighted by molar-refractivity contribution is -0.384. The van der Waals surface area contributed by atoms with E-state index in [4.69, 9.17) is 5.11 Å². The monoisotopic (exact) mass is 293 g/mol. The van der Waals surface area contributed by atoms with Crippen molar-refractivity contribution in [1.29, 1.82) is 0 Å². The molecule has 1 aliphatic rings. The van der Waals surface area contributed by atoms with E-state index in [1.165, 1.54) is 25.2 Å². The fourth-order valence-corrected chi connectivity index (χ4v) is 2.40. The van der Waals surface area contributed by atoms with Crippen molar-refractivity contribution in [2.24, 2.45) is 5.92 Å². The summed E-state index contributed by atoms with van der Waals surface area (Å²) in [6.45, 7) is 0.673. The third-order valence-corrected chi connectivity index (χ3v) is 3.54. The molecule has 0 spiro atoms. The molecule has 8 heteroatoms. The number of benzene rings is 1. The third-order valence-electron chi connectivity index (χ3n) is 3.54. The number of anilines is 1. The van der Waals surface area contributed by atoms with E-state index in [1.807, 2.05) is 0 Å². The lowest BCUT2D eigenvalue weighted by Crippen LogP contribution is -2.24. The fraction of sp³-hybridized carbons (Fsp3) is 0.385. The number of amides is 1. The minimum Gasteiger partial charge on any atom is -0.481 e. The zero-order chi connectivity index (χ0) is 15.6. The SMILES string of the molecule is CNC(=O)c1ccc(N2CCC(C(=O)O)C2)c([N+](=O)[O-])c1. The van der Waals surface area contributed by atoms with E-state index in [0.717, 1.165) is 0 Å². The average Bonchev–Trinajstić information content (AvgIpc) is 2.95. The fourth-order valence-electron chi connectivity index (χ4n) is 2.40. The van der Waals surface area contributed by atoms with Crippen LogP contribution in [0.15, 0.2) is 18.2 Å². The van der Waals surface area contributed by atoms with Gasteiger partial charge in [-0.15, -0.1) is 0 Å². The molecule has 0 aromatic heterocycles. The van der Waals surface area contributed by atoms with Gasteiger partial charge in [0.15, 0.2) is 0 Å². The van der Waals surface area contributed by atoms with E-state index < -0.39 is 22.7 Å². The Kier molecular flexibility index (Phi) is 4.06. The first-order valence-electron chi connectivity index (χ1n) is 6.42. The molecule has 1 amide bonds. The van der Waals surface area contributed by atoms with Crippen molar-refractivity contribution >= 4 is 23.3 Å². The summed E-state index contributed by atoms with van der Waals surface area (Å²) in [5.41, 5.74) is 0.348. The van der Waals surface area contributed by atoms with Gasteiger partial charge in [-0.2, -0.15) is 0 Å². The number of nitro groups is 1. The number of hydrogen-bond acceptors (Lipinski definition) is 5.